The second-order valence-corrected chi connectivity index (χ2v) is 1.24. The summed E-state index contributed by atoms with van der Waals surface area (Å²) in [7, 11) is 0. The third-order valence-corrected chi connectivity index (χ3v) is 0.688. The molecular weight excluding hydrogens is 114 g/mol. The molecule has 0 unspecified atom stereocenters. The van der Waals surface area contributed by atoms with Crippen LogP contribution in [0.1, 0.15) is 0 Å². The van der Waals surface area contributed by atoms with E-state index in [2.05, 4.69) is 0 Å². The molecule has 0 amide bonds. The van der Waals surface area contributed by atoms with Crippen LogP contribution in [0.15, 0.2) is 30.6 Å². The van der Waals surface area contributed by atoms with E-state index < -0.39 is 0 Å². The Labute approximate surface area is 63.9 Å². The first kappa shape index (κ1) is 7.72. The normalized spacial score (nSPS) is 7.50. The minimum atomic E-state index is 0. The molecule has 2 nitrogen and oxygen atoms in total. The fourth-order valence-electron chi connectivity index (χ4n) is 0.383. The SMILES string of the molecule is [MgH2].[O-][n+]1ccccc1. The number of aromatic nitrogens is 1. The summed E-state index contributed by atoms with van der Waals surface area (Å²) in [5.74, 6) is 0. The van der Waals surface area contributed by atoms with E-state index in [9.17, 15) is 5.21 Å². The van der Waals surface area contributed by atoms with Crippen LogP contribution in [0.5, 0.6) is 0 Å². The average molecular weight is 121 g/mol. The molecule has 0 fully saturated rings. The second-order valence-electron chi connectivity index (χ2n) is 1.24. The van der Waals surface area contributed by atoms with Crippen LogP contribution < -0.4 is 4.73 Å². The van der Waals surface area contributed by atoms with Gasteiger partial charge in [0, 0.05) is 12.1 Å². The summed E-state index contributed by atoms with van der Waals surface area (Å²) in [6.45, 7) is 0. The van der Waals surface area contributed by atoms with Crippen LogP contribution in [-0.2, 0) is 0 Å². The third-order valence-electron chi connectivity index (χ3n) is 0.688. The Morgan fingerprint density at radius 2 is 1.50 bits per heavy atom. The smallest absolute Gasteiger partial charge is 0.316 e. The lowest BCUT2D eigenvalue weighted by atomic mass is 10.5. The van der Waals surface area contributed by atoms with E-state index in [1.165, 1.54) is 12.4 Å². The Kier molecular flexibility index (Phi) is 3.56. The van der Waals surface area contributed by atoms with Gasteiger partial charge in [0.2, 0.25) is 0 Å². The lowest BCUT2D eigenvalue weighted by Gasteiger charge is -1.88. The van der Waals surface area contributed by atoms with E-state index in [1.807, 2.05) is 0 Å². The Morgan fingerprint density at radius 3 is 1.75 bits per heavy atom. The molecule has 0 saturated carbocycles. The highest BCUT2D eigenvalue weighted by atomic mass is 24.3. The first-order valence-electron chi connectivity index (χ1n) is 2.03. The summed E-state index contributed by atoms with van der Waals surface area (Å²) in [6, 6.07) is 5.18. The molecule has 1 aromatic rings. The van der Waals surface area contributed by atoms with Gasteiger partial charge in [-0.1, -0.05) is 6.07 Å². The fraction of sp³-hybridized carbons (Fsp3) is 0. The zero-order chi connectivity index (χ0) is 5.11. The Bertz CT molecular complexity index is 142. The van der Waals surface area contributed by atoms with Crippen LogP contribution in [-0.4, -0.2) is 23.1 Å². The molecule has 0 bridgehead atoms. The van der Waals surface area contributed by atoms with Crippen molar-refractivity contribution in [2.45, 2.75) is 0 Å². The van der Waals surface area contributed by atoms with Gasteiger partial charge in [0.1, 0.15) is 0 Å². The van der Waals surface area contributed by atoms with Gasteiger partial charge >= 0.3 is 23.1 Å². The van der Waals surface area contributed by atoms with E-state index in [0.717, 1.165) is 4.73 Å². The molecule has 8 heavy (non-hydrogen) atoms. The lowest BCUT2D eigenvalue weighted by molar-refractivity contribution is -0.605. The molecule has 0 saturated heterocycles. The number of nitrogens with zero attached hydrogens (tertiary/aromatic N) is 1. The average Bonchev–Trinajstić information content (AvgIpc) is 1.69. The first-order valence-corrected chi connectivity index (χ1v) is 2.03. The largest absolute Gasteiger partial charge is 0.619 e. The highest BCUT2D eigenvalue weighted by Crippen LogP contribution is 1.72. The molecule has 0 aliphatic heterocycles. The van der Waals surface area contributed by atoms with Crippen molar-refractivity contribution in [1.82, 2.24) is 0 Å². The summed E-state index contributed by atoms with van der Waals surface area (Å²) in [4.78, 5) is 0. The molecule has 1 aromatic heterocycles. The summed E-state index contributed by atoms with van der Waals surface area (Å²) in [5, 5.41) is 10.2. The van der Waals surface area contributed by atoms with E-state index in [1.54, 1.807) is 18.2 Å². The molecule has 0 N–H and O–H groups in total. The molecule has 0 radical (unpaired) electrons. The summed E-state index contributed by atoms with van der Waals surface area (Å²) < 4.78 is 0.750. The van der Waals surface area contributed by atoms with Crippen molar-refractivity contribution in [3.8, 4) is 0 Å². The van der Waals surface area contributed by atoms with Crippen LogP contribution in [0.3, 0.4) is 0 Å². The van der Waals surface area contributed by atoms with Crippen LogP contribution in [0.4, 0.5) is 0 Å². The molecule has 3 heteroatoms. The van der Waals surface area contributed by atoms with Gasteiger partial charge in [0.15, 0.2) is 12.4 Å². The van der Waals surface area contributed by atoms with Crippen molar-refractivity contribution in [2.75, 3.05) is 0 Å². The number of hydrogen-bond acceptors (Lipinski definition) is 1. The Morgan fingerprint density at radius 1 is 1.00 bits per heavy atom. The molecule has 0 aliphatic carbocycles. The van der Waals surface area contributed by atoms with Crippen molar-refractivity contribution in [2.24, 2.45) is 0 Å². The molecule has 0 atom stereocenters. The maximum Gasteiger partial charge on any atom is 0.316 e. The third kappa shape index (κ3) is 2.14. The topological polar surface area (TPSA) is 26.9 Å². The number of rotatable bonds is 0. The van der Waals surface area contributed by atoms with Gasteiger partial charge in [0.05, 0.1) is 0 Å². The van der Waals surface area contributed by atoms with Gasteiger partial charge in [-0.05, 0) is 0 Å². The minimum absolute atomic E-state index is 0. The highest BCUT2D eigenvalue weighted by Gasteiger charge is 1.74. The standard InChI is InChI=1S/C5H5NO.Mg.2H/c7-6-4-2-1-3-5-6;;;/h1-5H;;;. The van der Waals surface area contributed by atoms with Gasteiger partial charge in [-0.2, -0.15) is 4.73 Å². The van der Waals surface area contributed by atoms with E-state index in [4.69, 9.17) is 0 Å². The van der Waals surface area contributed by atoms with Crippen molar-refractivity contribution in [1.29, 1.82) is 0 Å². The summed E-state index contributed by atoms with van der Waals surface area (Å²) in [6.07, 6.45) is 2.89. The molecule has 1 heterocycles. The number of pyridine rings is 1. The molecule has 0 spiro atoms. The predicted octanol–water partition coefficient (Wildman–Crippen LogP) is -0.596. The van der Waals surface area contributed by atoms with Crippen molar-refractivity contribution in [3.63, 3.8) is 0 Å². The zero-order valence-corrected chi connectivity index (χ0v) is 3.74. The van der Waals surface area contributed by atoms with Gasteiger partial charge in [0.25, 0.3) is 0 Å². The molecular formula is C5H7MgNO. The van der Waals surface area contributed by atoms with E-state index >= 15 is 0 Å². The van der Waals surface area contributed by atoms with E-state index in [-0.39, 0.29) is 23.1 Å². The van der Waals surface area contributed by atoms with Crippen molar-refractivity contribution < 1.29 is 4.73 Å². The molecule has 0 aromatic carbocycles. The van der Waals surface area contributed by atoms with Crippen LogP contribution >= 0.6 is 0 Å². The first-order chi connectivity index (χ1) is 3.39. The summed E-state index contributed by atoms with van der Waals surface area (Å²) in [5.41, 5.74) is 0. The Hall–Kier alpha value is -0.284. The quantitative estimate of drug-likeness (QED) is 0.256. The maximum atomic E-state index is 10.2. The molecule has 1 rings (SSSR count). The van der Waals surface area contributed by atoms with Gasteiger partial charge in [-0.3, -0.25) is 0 Å². The van der Waals surface area contributed by atoms with Gasteiger partial charge in [-0.25, -0.2) is 0 Å². The van der Waals surface area contributed by atoms with Crippen LogP contribution in [0, 0.1) is 5.21 Å². The van der Waals surface area contributed by atoms with Crippen molar-refractivity contribution >= 4 is 23.1 Å². The fourth-order valence-corrected chi connectivity index (χ4v) is 0.383. The molecule has 40 valence electrons. The number of hydrogen-bond donors (Lipinski definition) is 0. The van der Waals surface area contributed by atoms with Crippen LogP contribution in [0.25, 0.3) is 0 Å². The van der Waals surface area contributed by atoms with E-state index in [0.29, 0.717) is 0 Å². The lowest BCUT2D eigenvalue weighted by Crippen LogP contribution is -2.22. The maximum absolute atomic E-state index is 10.2. The van der Waals surface area contributed by atoms with Crippen LogP contribution in [0.2, 0.25) is 0 Å². The predicted molar refractivity (Wildman–Crippen MR) is 33.9 cm³/mol. The van der Waals surface area contributed by atoms with Gasteiger partial charge in [-0.15, -0.1) is 0 Å². The van der Waals surface area contributed by atoms with Crippen molar-refractivity contribution in [3.05, 3.63) is 35.8 Å². The summed E-state index contributed by atoms with van der Waals surface area (Å²) >= 11 is 0. The second kappa shape index (κ2) is 3.69. The zero-order valence-electron chi connectivity index (χ0n) is 3.74. The molecule has 0 aliphatic rings. The monoisotopic (exact) mass is 121 g/mol. The van der Waals surface area contributed by atoms with Gasteiger partial charge < -0.3 is 5.21 Å². The highest BCUT2D eigenvalue weighted by molar-refractivity contribution is 5.75. The minimum Gasteiger partial charge on any atom is -0.619 e. The Balaban J connectivity index is 0.000000490.